The molecule has 0 bridgehead atoms. The summed E-state index contributed by atoms with van der Waals surface area (Å²) in [6, 6.07) is 8.27. The molecule has 1 atom stereocenters. The fourth-order valence-corrected chi connectivity index (χ4v) is 3.19. The molecule has 1 fully saturated rings. The summed E-state index contributed by atoms with van der Waals surface area (Å²) in [5.74, 6) is -1.28. The van der Waals surface area contributed by atoms with Crippen molar-refractivity contribution in [2.24, 2.45) is 5.92 Å². The van der Waals surface area contributed by atoms with Gasteiger partial charge in [0, 0.05) is 18.9 Å². The predicted molar refractivity (Wildman–Crippen MR) is 81.1 cm³/mol. The number of alkyl halides is 2. The Hall–Kier alpha value is -1.16. The van der Waals surface area contributed by atoms with Crippen LogP contribution in [0.3, 0.4) is 0 Å². The molecule has 1 aliphatic rings. The second-order valence-corrected chi connectivity index (χ2v) is 5.91. The lowest BCUT2D eigenvalue weighted by atomic mass is 9.80. The maximum Gasteiger partial charge on any atom is 0.248 e. The molecule has 1 aromatic rings. The van der Waals surface area contributed by atoms with Gasteiger partial charge in [-0.2, -0.15) is 0 Å². The van der Waals surface area contributed by atoms with E-state index in [1.165, 1.54) is 5.56 Å². The summed E-state index contributed by atoms with van der Waals surface area (Å²) in [5.41, 5.74) is 1.19. The Bertz CT molecular complexity index is 440. The van der Waals surface area contributed by atoms with Crippen molar-refractivity contribution in [3.05, 3.63) is 29.8 Å². The highest BCUT2D eigenvalue weighted by Gasteiger charge is 2.37. The van der Waals surface area contributed by atoms with Gasteiger partial charge in [-0.25, -0.2) is 8.78 Å². The molecule has 0 heterocycles. The minimum Gasteiger partial charge on any atom is -0.497 e. The van der Waals surface area contributed by atoms with Gasteiger partial charge in [-0.1, -0.05) is 19.1 Å². The smallest absolute Gasteiger partial charge is 0.248 e. The number of halogens is 2. The minimum atomic E-state index is -2.46. The first kappa shape index (κ1) is 16.2. The summed E-state index contributed by atoms with van der Waals surface area (Å²) in [6.07, 6.45) is 2.12. The van der Waals surface area contributed by atoms with Crippen molar-refractivity contribution in [1.29, 1.82) is 0 Å². The van der Waals surface area contributed by atoms with Crippen LogP contribution < -0.4 is 10.1 Å². The van der Waals surface area contributed by atoms with Crippen LogP contribution >= 0.6 is 0 Å². The van der Waals surface area contributed by atoms with E-state index in [2.05, 4.69) is 18.3 Å². The number of benzene rings is 1. The highest BCUT2D eigenvalue weighted by atomic mass is 19.3. The first-order chi connectivity index (χ1) is 10.0. The Labute approximate surface area is 125 Å². The predicted octanol–water partition coefficient (Wildman–Crippen LogP) is 4.04. The molecule has 0 saturated heterocycles. The first-order valence-corrected chi connectivity index (χ1v) is 7.78. The van der Waals surface area contributed by atoms with E-state index in [0.29, 0.717) is 18.8 Å². The summed E-state index contributed by atoms with van der Waals surface area (Å²) in [7, 11) is 1.66. The maximum absolute atomic E-state index is 13.3. The molecule has 1 aromatic carbocycles. The average Bonchev–Trinajstić information content (AvgIpc) is 2.47. The molecule has 1 saturated carbocycles. The molecule has 2 nitrogen and oxygen atoms in total. The van der Waals surface area contributed by atoms with Crippen molar-refractivity contribution < 1.29 is 13.5 Å². The van der Waals surface area contributed by atoms with Gasteiger partial charge >= 0.3 is 0 Å². The van der Waals surface area contributed by atoms with Crippen LogP contribution in [0.5, 0.6) is 5.75 Å². The highest BCUT2D eigenvalue weighted by Crippen LogP contribution is 2.38. The Morgan fingerprint density at radius 3 is 2.67 bits per heavy atom. The zero-order valence-electron chi connectivity index (χ0n) is 12.9. The van der Waals surface area contributed by atoms with Crippen LogP contribution in [-0.4, -0.2) is 25.6 Å². The van der Waals surface area contributed by atoms with Gasteiger partial charge < -0.3 is 10.1 Å². The summed E-state index contributed by atoms with van der Waals surface area (Å²) in [5, 5.41) is 3.48. The number of hydrogen-bond donors (Lipinski definition) is 1. The number of likely N-dealkylation sites (N-methyl/N-ethyl adjacent to an activating group) is 1. The van der Waals surface area contributed by atoms with Crippen molar-refractivity contribution in [2.75, 3.05) is 13.7 Å². The number of hydrogen-bond acceptors (Lipinski definition) is 2. The molecule has 118 valence electrons. The lowest BCUT2D eigenvalue weighted by molar-refractivity contribution is -0.0494. The standard InChI is InChI=1S/C17H25F2NO/c1-3-20-16(14-7-9-17(18,19)10-8-14)12-13-5-4-6-15(11-13)21-2/h4-6,11,14,16,20H,3,7-10,12H2,1-2H3. The normalized spacial score (nSPS) is 20.2. The van der Waals surface area contributed by atoms with Gasteiger partial charge in [0.05, 0.1) is 7.11 Å². The molecule has 2 rings (SSSR count). The Morgan fingerprint density at radius 1 is 1.33 bits per heavy atom. The van der Waals surface area contributed by atoms with E-state index in [-0.39, 0.29) is 18.9 Å². The van der Waals surface area contributed by atoms with Crippen LogP contribution in [0.25, 0.3) is 0 Å². The van der Waals surface area contributed by atoms with Crippen LogP contribution in [0.4, 0.5) is 8.78 Å². The van der Waals surface area contributed by atoms with E-state index in [1.807, 2.05) is 18.2 Å². The van der Waals surface area contributed by atoms with Crippen LogP contribution in [0.1, 0.15) is 38.2 Å². The second-order valence-electron chi connectivity index (χ2n) is 5.91. The Kier molecular flexibility index (Phi) is 5.57. The number of nitrogens with one attached hydrogen (secondary N) is 1. The van der Waals surface area contributed by atoms with Gasteiger partial charge in [-0.3, -0.25) is 0 Å². The fraction of sp³-hybridized carbons (Fsp3) is 0.647. The van der Waals surface area contributed by atoms with Gasteiger partial charge in [-0.15, -0.1) is 0 Å². The zero-order valence-corrected chi connectivity index (χ0v) is 12.9. The molecule has 1 aliphatic carbocycles. The molecule has 0 aliphatic heterocycles. The average molecular weight is 297 g/mol. The Balaban J connectivity index is 2.01. The van der Waals surface area contributed by atoms with Crippen LogP contribution in [-0.2, 0) is 6.42 Å². The van der Waals surface area contributed by atoms with E-state index in [9.17, 15) is 8.78 Å². The van der Waals surface area contributed by atoms with Crippen molar-refractivity contribution in [1.82, 2.24) is 5.32 Å². The van der Waals surface area contributed by atoms with Gasteiger partial charge in [0.1, 0.15) is 5.75 Å². The fourth-order valence-electron chi connectivity index (χ4n) is 3.19. The third kappa shape index (κ3) is 4.67. The number of rotatable bonds is 6. The van der Waals surface area contributed by atoms with Gasteiger partial charge in [-0.05, 0) is 49.4 Å². The number of methoxy groups -OCH3 is 1. The molecular weight excluding hydrogens is 272 g/mol. The molecule has 0 radical (unpaired) electrons. The lowest BCUT2D eigenvalue weighted by Crippen LogP contribution is -2.41. The largest absolute Gasteiger partial charge is 0.497 e. The summed E-state index contributed by atoms with van der Waals surface area (Å²) < 4.78 is 31.9. The van der Waals surface area contributed by atoms with Gasteiger partial charge in [0.25, 0.3) is 0 Å². The third-order valence-electron chi connectivity index (χ3n) is 4.39. The molecule has 1 N–H and O–H groups in total. The van der Waals surface area contributed by atoms with E-state index in [0.717, 1.165) is 18.7 Å². The maximum atomic E-state index is 13.3. The molecular formula is C17H25F2NO. The van der Waals surface area contributed by atoms with Crippen molar-refractivity contribution in [3.8, 4) is 5.75 Å². The quantitative estimate of drug-likeness (QED) is 0.855. The number of ether oxygens (including phenoxy) is 1. The second kappa shape index (κ2) is 7.21. The van der Waals surface area contributed by atoms with Gasteiger partial charge in [0.2, 0.25) is 5.92 Å². The SMILES string of the molecule is CCNC(Cc1cccc(OC)c1)C1CCC(F)(F)CC1. The lowest BCUT2D eigenvalue weighted by Gasteiger charge is -2.34. The molecule has 0 spiro atoms. The zero-order chi connectivity index (χ0) is 15.3. The van der Waals surface area contributed by atoms with Crippen molar-refractivity contribution in [3.63, 3.8) is 0 Å². The summed E-state index contributed by atoms with van der Waals surface area (Å²) in [6.45, 7) is 2.93. The van der Waals surface area contributed by atoms with Crippen molar-refractivity contribution in [2.45, 2.75) is 51.0 Å². The van der Waals surface area contributed by atoms with E-state index < -0.39 is 5.92 Å². The topological polar surface area (TPSA) is 21.3 Å². The molecule has 0 aromatic heterocycles. The van der Waals surface area contributed by atoms with Crippen LogP contribution in [0, 0.1) is 5.92 Å². The summed E-state index contributed by atoms with van der Waals surface area (Å²) in [4.78, 5) is 0. The monoisotopic (exact) mass is 297 g/mol. The molecule has 0 amide bonds. The van der Waals surface area contributed by atoms with Crippen LogP contribution in [0.2, 0.25) is 0 Å². The van der Waals surface area contributed by atoms with Crippen LogP contribution in [0.15, 0.2) is 24.3 Å². The molecule has 1 unspecified atom stereocenters. The van der Waals surface area contributed by atoms with Gasteiger partial charge in [0.15, 0.2) is 0 Å². The van der Waals surface area contributed by atoms with E-state index >= 15 is 0 Å². The molecule has 21 heavy (non-hydrogen) atoms. The van der Waals surface area contributed by atoms with Crippen molar-refractivity contribution >= 4 is 0 Å². The molecule has 4 heteroatoms. The Morgan fingerprint density at radius 2 is 2.05 bits per heavy atom. The highest BCUT2D eigenvalue weighted by molar-refractivity contribution is 5.29. The third-order valence-corrected chi connectivity index (χ3v) is 4.39. The minimum absolute atomic E-state index is 0.0255. The van der Waals surface area contributed by atoms with E-state index in [1.54, 1.807) is 7.11 Å². The summed E-state index contributed by atoms with van der Waals surface area (Å²) >= 11 is 0. The van der Waals surface area contributed by atoms with E-state index in [4.69, 9.17) is 4.74 Å². The first-order valence-electron chi connectivity index (χ1n) is 7.78.